The number of nitrogens with two attached hydrogens (primary N) is 1. The molecule has 9 heteroatoms. The maximum Gasteiger partial charge on any atom is 0.305 e. The Labute approximate surface area is 140 Å². The average molecular weight is 349 g/mol. The first-order valence-electron chi connectivity index (χ1n) is 7.07. The first kappa shape index (κ1) is 18.0. The van der Waals surface area contributed by atoms with E-state index >= 15 is 0 Å². The van der Waals surface area contributed by atoms with Crippen molar-refractivity contribution in [3.63, 3.8) is 0 Å². The van der Waals surface area contributed by atoms with Gasteiger partial charge in [0.1, 0.15) is 11.9 Å². The first-order valence-corrected chi connectivity index (χ1v) is 7.07. The number of carbonyl (C=O) groups excluding carboxylic acids is 2. The predicted octanol–water partition coefficient (Wildman–Crippen LogP) is 1.70. The first-order chi connectivity index (χ1) is 11.8. The number of carbonyl (C=O) groups is 2. The zero-order valence-corrected chi connectivity index (χ0v) is 12.7. The third kappa shape index (κ3) is 4.34. The molecule has 0 saturated carbocycles. The second kappa shape index (κ2) is 7.47. The van der Waals surface area contributed by atoms with Gasteiger partial charge in [-0.15, -0.1) is 0 Å². The lowest BCUT2D eigenvalue weighted by molar-refractivity contribution is -0.387. The molecule has 130 valence electrons. The summed E-state index contributed by atoms with van der Waals surface area (Å²) in [6, 6.07) is 6.95. The number of nitro benzene ring substituents is 1. The van der Waals surface area contributed by atoms with E-state index in [2.05, 4.69) is 5.32 Å². The molecule has 7 nitrogen and oxygen atoms in total. The molecule has 0 unspecified atom stereocenters. The smallest absolute Gasteiger partial charge is 0.305 e. The third-order valence-corrected chi connectivity index (χ3v) is 3.41. The van der Waals surface area contributed by atoms with Gasteiger partial charge in [-0.1, -0.05) is 18.2 Å². The van der Waals surface area contributed by atoms with E-state index in [0.717, 1.165) is 18.2 Å². The fourth-order valence-electron chi connectivity index (χ4n) is 2.16. The number of halogens is 2. The molecule has 2 aromatic rings. The number of benzene rings is 2. The summed E-state index contributed by atoms with van der Waals surface area (Å²) >= 11 is 0. The van der Waals surface area contributed by atoms with E-state index in [4.69, 9.17) is 5.73 Å². The molecule has 0 fully saturated rings. The van der Waals surface area contributed by atoms with Gasteiger partial charge in [-0.25, -0.2) is 4.39 Å². The van der Waals surface area contributed by atoms with Crippen LogP contribution in [0.5, 0.6) is 0 Å². The average Bonchev–Trinajstić information content (AvgIpc) is 2.55. The molecule has 0 saturated heterocycles. The Morgan fingerprint density at radius 3 is 2.44 bits per heavy atom. The quantitative estimate of drug-likeness (QED) is 0.610. The number of rotatable bonds is 6. The number of nitro groups is 1. The number of hydrogen-bond donors (Lipinski definition) is 2. The molecule has 0 heterocycles. The second-order valence-electron chi connectivity index (χ2n) is 5.16. The van der Waals surface area contributed by atoms with Crippen molar-refractivity contribution in [1.82, 2.24) is 5.32 Å². The van der Waals surface area contributed by atoms with Gasteiger partial charge in [0.25, 0.3) is 5.91 Å². The van der Waals surface area contributed by atoms with Gasteiger partial charge >= 0.3 is 5.69 Å². The van der Waals surface area contributed by atoms with Gasteiger partial charge in [0.05, 0.1) is 10.5 Å². The van der Waals surface area contributed by atoms with Gasteiger partial charge in [-0.2, -0.15) is 4.39 Å². The Morgan fingerprint density at radius 2 is 1.84 bits per heavy atom. The summed E-state index contributed by atoms with van der Waals surface area (Å²) < 4.78 is 27.0. The summed E-state index contributed by atoms with van der Waals surface area (Å²) in [6.07, 6.45) is -0.212. The van der Waals surface area contributed by atoms with E-state index in [9.17, 15) is 28.5 Å². The van der Waals surface area contributed by atoms with E-state index in [-0.39, 0.29) is 17.5 Å². The summed E-state index contributed by atoms with van der Waals surface area (Å²) in [7, 11) is 0. The summed E-state index contributed by atoms with van der Waals surface area (Å²) in [5.41, 5.74) is 4.39. The molecule has 0 aliphatic carbocycles. The maximum absolute atomic E-state index is 13.6. The van der Waals surface area contributed by atoms with E-state index in [0.29, 0.717) is 0 Å². The van der Waals surface area contributed by atoms with Crippen LogP contribution in [0.3, 0.4) is 0 Å². The number of amides is 2. The van der Waals surface area contributed by atoms with Crippen LogP contribution in [-0.2, 0) is 11.2 Å². The summed E-state index contributed by atoms with van der Waals surface area (Å²) in [5, 5.41) is 13.0. The van der Waals surface area contributed by atoms with E-state index in [1.807, 2.05) is 0 Å². The molecular weight excluding hydrogens is 336 g/mol. The highest BCUT2D eigenvalue weighted by Gasteiger charge is 2.23. The van der Waals surface area contributed by atoms with Crippen molar-refractivity contribution in [3.8, 4) is 0 Å². The van der Waals surface area contributed by atoms with Crippen molar-refractivity contribution >= 4 is 17.5 Å². The maximum atomic E-state index is 13.6. The molecule has 0 aliphatic heterocycles. The Morgan fingerprint density at radius 1 is 1.16 bits per heavy atom. The van der Waals surface area contributed by atoms with Gasteiger partial charge < -0.3 is 11.1 Å². The minimum Gasteiger partial charge on any atom is -0.368 e. The molecule has 0 radical (unpaired) electrons. The topological polar surface area (TPSA) is 115 Å². The second-order valence-corrected chi connectivity index (χ2v) is 5.16. The molecule has 25 heavy (non-hydrogen) atoms. The molecule has 0 bridgehead atoms. The van der Waals surface area contributed by atoms with Gasteiger partial charge in [-0.3, -0.25) is 19.7 Å². The van der Waals surface area contributed by atoms with Crippen LogP contribution in [0.15, 0.2) is 42.5 Å². The predicted molar refractivity (Wildman–Crippen MR) is 83.6 cm³/mol. The van der Waals surface area contributed by atoms with E-state index in [1.54, 1.807) is 0 Å². The molecule has 2 rings (SSSR count). The summed E-state index contributed by atoms with van der Waals surface area (Å²) in [5.74, 6) is -3.59. The number of nitrogens with zero attached hydrogens (tertiary/aromatic N) is 1. The Bertz CT molecular complexity index is 842. The van der Waals surface area contributed by atoms with Crippen LogP contribution in [0.25, 0.3) is 0 Å². The van der Waals surface area contributed by atoms with Crippen molar-refractivity contribution < 1.29 is 23.3 Å². The number of hydrogen-bond acceptors (Lipinski definition) is 4. The van der Waals surface area contributed by atoms with Crippen LogP contribution in [0.1, 0.15) is 15.9 Å². The number of nitrogens with one attached hydrogen (secondary N) is 1. The van der Waals surface area contributed by atoms with Crippen molar-refractivity contribution in [1.29, 1.82) is 0 Å². The minimum absolute atomic E-state index is 0.212. The van der Waals surface area contributed by atoms with Gasteiger partial charge in [-0.05, 0) is 23.8 Å². The van der Waals surface area contributed by atoms with Gasteiger partial charge in [0.15, 0.2) is 0 Å². The van der Waals surface area contributed by atoms with Gasteiger partial charge in [0, 0.05) is 12.5 Å². The molecule has 3 N–H and O–H groups in total. The molecule has 0 aromatic heterocycles. The SMILES string of the molecule is NC(=O)[C@@H](Cc1ccc(F)c([N+](=O)[O-])c1)NC(=O)c1ccccc1F. The summed E-state index contributed by atoms with van der Waals surface area (Å²) in [4.78, 5) is 33.5. The normalized spacial score (nSPS) is 11.6. The molecular formula is C16H13F2N3O4. The van der Waals surface area contributed by atoms with Crippen molar-refractivity contribution in [2.75, 3.05) is 0 Å². The zero-order valence-electron chi connectivity index (χ0n) is 12.7. The molecule has 0 spiro atoms. The monoisotopic (exact) mass is 349 g/mol. The Balaban J connectivity index is 2.21. The van der Waals surface area contributed by atoms with E-state index < -0.39 is 40.1 Å². The Kier molecular flexibility index (Phi) is 5.38. The number of primary amides is 1. The molecule has 2 amide bonds. The van der Waals surface area contributed by atoms with Crippen molar-refractivity contribution in [2.45, 2.75) is 12.5 Å². The Hall–Kier alpha value is -3.36. The molecule has 1 atom stereocenters. The van der Waals surface area contributed by atoms with Crippen molar-refractivity contribution in [2.24, 2.45) is 5.73 Å². The highest BCUT2D eigenvalue weighted by molar-refractivity contribution is 5.97. The lowest BCUT2D eigenvalue weighted by atomic mass is 10.0. The van der Waals surface area contributed by atoms with Gasteiger partial charge in [0.2, 0.25) is 11.7 Å². The lowest BCUT2D eigenvalue weighted by Gasteiger charge is -2.16. The fraction of sp³-hybridized carbons (Fsp3) is 0.125. The van der Waals surface area contributed by atoms with Crippen LogP contribution >= 0.6 is 0 Å². The lowest BCUT2D eigenvalue weighted by Crippen LogP contribution is -2.46. The van der Waals surface area contributed by atoms with Crippen molar-refractivity contribution in [3.05, 3.63) is 75.3 Å². The highest BCUT2D eigenvalue weighted by Crippen LogP contribution is 2.19. The molecule has 0 aliphatic rings. The summed E-state index contributed by atoms with van der Waals surface area (Å²) in [6.45, 7) is 0. The fourth-order valence-corrected chi connectivity index (χ4v) is 2.16. The zero-order chi connectivity index (χ0) is 18.6. The molecule has 2 aromatic carbocycles. The van der Waals surface area contributed by atoms with Crippen LogP contribution in [0, 0.1) is 21.7 Å². The van der Waals surface area contributed by atoms with Crippen LogP contribution < -0.4 is 11.1 Å². The van der Waals surface area contributed by atoms with Crippen LogP contribution in [0.4, 0.5) is 14.5 Å². The largest absolute Gasteiger partial charge is 0.368 e. The van der Waals surface area contributed by atoms with Crippen LogP contribution in [-0.4, -0.2) is 22.8 Å². The van der Waals surface area contributed by atoms with E-state index in [1.165, 1.54) is 24.3 Å². The minimum atomic E-state index is -1.25. The highest BCUT2D eigenvalue weighted by atomic mass is 19.1. The standard InChI is InChI=1S/C16H13F2N3O4/c17-11-4-2-1-3-10(11)16(23)20-13(15(19)22)7-9-5-6-12(18)14(8-9)21(24)25/h1-6,8,13H,7H2,(H2,19,22)(H,20,23)/t13-/m1/s1. The van der Waals surface area contributed by atoms with Crippen LogP contribution in [0.2, 0.25) is 0 Å². The third-order valence-electron chi connectivity index (χ3n) is 3.41.